The van der Waals surface area contributed by atoms with Crippen molar-refractivity contribution in [1.82, 2.24) is 9.96 Å². The molecule has 3 atom stereocenters. The van der Waals surface area contributed by atoms with Crippen LogP contribution in [0.4, 0.5) is 4.79 Å². The molecule has 0 aromatic heterocycles. The Kier molecular flexibility index (Phi) is 3.80. The van der Waals surface area contributed by atoms with Gasteiger partial charge in [0.05, 0.1) is 18.9 Å². The summed E-state index contributed by atoms with van der Waals surface area (Å²) in [5.74, 6) is 0. The zero-order valence-electron chi connectivity index (χ0n) is 11.8. The minimum atomic E-state index is -0.0157. The van der Waals surface area contributed by atoms with Crippen molar-refractivity contribution in [3.63, 3.8) is 0 Å². The van der Waals surface area contributed by atoms with Crippen molar-refractivity contribution in [2.75, 3.05) is 20.2 Å². The van der Waals surface area contributed by atoms with E-state index < -0.39 is 0 Å². The molecule has 2 N–H and O–H groups in total. The predicted octanol–water partition coefficient (Wildman–Crippen LogP) is 0.700. The summed E-state index contributed by atoms with van der Waals surface area (Å²) in [6, 6.07) is 0.409. The number of rotatable bonds is 5. The highest BCUT2D eigenvalue weighted by atomic mass is 16.7. The van der Waals surface area contributed by atoms with Gasteiger partial charge >= 0.3 is 6.03 Å². The summed E-state index contributed by atoms with van der Waals surface area (Å²) >= 11 is 0. The van der Waals surface area contributed by atoms with Crippen LogP contribution in [-0.2, 0) is 9.68 Å². The molecular weight excluding hydrogens is 260 g/mol. The van der Waals surface area contributed by atoms with Crippen LogP contribution in [0.25, 0.3) is 0 Å². The molecule has 0 radical (unpaired) electrons. The van der Waals surface area contributed by atoms with Crippen molar-refractivity contribution in [1.29, 1.82) is 0 Å². The number of carbonyl (C=O) groups is 1. The lowest BCUT2D eigenvalue weighted by Crippen LogP contribution is -2.41. The monoisotopic (exact) mass is 282 g/mol. The van der Waals surface area contributed by atoms with E-state index in [0.717, 1.165) is 44.4 Å². The molecule has 3 aliphatic heterocycles. The molecule has 7 heteroatoms. The molecule has 2 saturated heterocycles. The molecule has 3 rings (SSSR count). The first-order valence-electron chi connectivity index (χ1n) is 7.28. The minimum Gasteiger partial charge on any atom is -0.392 e. The first kappa shape index (κ1) is 13.6. The van der Waals surface area contributed by atoms with E-state index in [2.05, 4.69) is 5.16 Å². The maximum Gasteiger partial charge on any atom is 0.344 e. The number of oxime groups is 1. The molecule has 3 heterocycles. The van der Waals surface area contributed by atoms with Crippen LogP contribution in [0.3, 0.4) is 0 Å². The van der Waals surface area contributed by atoms with Crippen molar-refractivity contribution < 1.29 is 14.5 Å². The molecule has 0 aromatic carbocycles. The van der Waals surface area contributed by atoms with Crippen LogP contribution in [0.5, 0.6) is 0 Å². The third-order valence-corrected chi connectivity index (χ3v) is 4.40. The molecule has 0 saturated carbocycles. The molecule has 2 amide bonds. The normalized spacial score (nSPS) is 32.6. The summed E-state index contributed by atoms with van der Waals surface area (Å²) in [5.41, 5.74) is 6.58. The summed E-state index contributed by atoms with van der Waals surface area (Å²) in [5, 5.41) is 5.66. The van der Waals surface area contributed by atoms with E-state index in [1.807, 2.05) is 4.90 Å². The highest BCUT2D eigenvalue weighted by Crippen LogP contribution is 2.32. The van der Waals surface area contributed by atoms with Crippen molar-refractivity contribution in [2.24, 2.45) is 10.9 Å². The van der Waals surface area contributed by atoms with Gasteiger partial charge in [-0.3, -0.25) is 4.84 Å². The quantitative estimate of drug-likeness (QED) is 0.805. The third kappa shape index (κ3) is 2.35. The number of hydroxylamine groups is 2. The number of hydrogen-bond donors (Lipinski definition) is 1. The number of nitrogens with zero attached hydrogens (tertiary/aromatic N) is 3. The van der Waals surface area contributed by atoms with E-state index in [-0.39, 0.29) is 24.2 Å². The van der Waals surface area contributed by atoms with Gasteiger partial charge in [-0.05, 0) is 25.8 Å². The molecule has 7 nitrogen and oxygen atoms in total. The van der Waals surface area contributed by atoms with Gasteiger partial charge in [0.25, 0.3) is 0 Å². The maximum absolute atomic E-state index is 12.2. The SMILES string of the molecule is CON1C(=O)N2C[C@H]1CC[C@H]2CC1=NOC(CCN)C1. The molecule has 2 fully saturated rings. The third-order valence-electron chi connectivity index (χ3n) is 4.40. The van der Waals surface area contributed by atoms with E-state index in [1.165, 1.54) is 5.06 Å². The molecule has 0 aromatic rings. The van der Waals surface area contributed by atoms with Crippen LogP contribution >= 0.6 is 0 Å². The Morgan fingerprint density at radius 2 is 2.35 bits per heavy atom. The van der Waals surface area contributed by atoms with Gasteiger partial charge < -0.3 is 15.5 Å². The fraction of sp³-hybridized carbons (Fsp3) is 0.846. The van der Waals surface area contributed by atoms with Crippen LogP contribution in [0.1, 0.15) is 32.1 Å². The summed E-state index contributed by atoms with van der Waals surface area (Å²) < 4.78 is 0. The van der Waals surface area contributed by atoms with Crippen molar-refractivity contribution in [3.05, 3.63) is 0 Å². The Hall–Kier alpha value is -1.34. The summed E-state index contributed by atoms with van der Waals surface area (Å²) in [6.45, 7) is 1.38. The summed E-state index contributed by atoms with van der Waals surface area (Å²) in [6.07, 6.45) is 4.58. The number of hydrogen-bond acceptors (Lipinski definition) is 5. The first-order chi connectivity index (χ1) is 9.72. The average molecular weight is 282 g/mol. The standard InChI is InChI=1S/C13H22N4O3/c1-19-17-11-3-2-10(16(8-11)13(17)18)6-9-7-12(4-5-14)20-15-9/h10-12H,2-8,14H2,1H3/t10-,11+,12?/m0/s1. The van der Waals surface area contributed by atoms with Gasteiger partial charge in [0, 0.05) is 25.4 Å². The highest BCUT2D eigenvalue weighted by molar-refractivity contribution is 5.87. The Labute approximate surface area is 118 Å². The number of carbonyl (C=O) groups excluding carboxylic acids is 1. The molecular formula is C13H22N4O3. The number of fused-ring (bicyclic) bond motifs is 2. The van der Waals surface area contributed by atoms with E-state index >= 15 is 0 Å². The van der Waals surface area contributed by atoms with Crippen LogP contribution < -0.4 is 5.73 Å². The van der Waals surface area contributed by atoms with E-state index in [9.17, 15) is 4.79 Å². The van der Waals surface area contributed by atoms with Gasteiger partial charge in [0.15, 0.2) is 0 Å². The molecule has 112 valence electrons. The van der Waals surface area contributed by atoms with E-state index in [4.69, 9.17) is 15.4 Å². The number of urea groups is 1. The van der Waals surface area contributed by atoms with Crippen molar-refractivity contribution in [3.8, 4) is 0 Å². The van der Waals surface area contributed by atoms with Gasteiger partial charge in [0.1, 0.15) is 6.10 Å². The fourth-order valence-electron chi connectivity index (χ4n) is 3.38. The van der Waals surface area contributed by atoms with Crippen LogP contribution in [-0.4, -0.2) is 60.1 Å². The fourth-order valence-corrected chi connectivity index (χ4v) is 3.38. The van der Waals surface area contributed by atoms with Crippen LogP contribution in [0, 0.1) is 0 Å². The second-order valence-corrected chi connectivity index (χ2v) is 5.70. The van der Waals surface area contributed by atoms with E-state index in [1.54, 1.807) is 7.11 Å². The molecule has 0 spiro atoms. The summed E-state index contributed by atoms with van der Waals surface area (Å²) in [7, 11) is 1.56. The Morgan fingerprint density at radius 1 is 1.50 bits per heavy atom. The van der Waals surface area contributed by atoms with Crippen molar-refractivity contribution in [2.45, 2.75) is 50.3 Å². The van der Waals surface area contributed by atoms with Gasteiger partial charge in [-0.25, -0.2) is 4.79 Å². The summed E-state index contributed by atoms with van der Waals surface area (Å²) in [4.78, 5) is 24.7. The second-order valence-electron chi connectivity index (χ2n) is 5.70. The van der Waals surface area contributed by atoms with Gasteiger partial charge in [0.2, 0.25) is 0 Å². The Bertz CT molecular complexity index is 414. The Morgan fingerprint density at radius 3 is 3.10 bits per heavy atom. The lowest BCUT2D eigenvalue weighted by Gasteiger charge is -2.30. The van der Waals surface area contributed by atoms with Crippen molar-refractivity contribution >= 4 is 11.7 Å². The van der Waals surface area contributed by atoms with Crippen LogP contribution in [0.2, 0.25) is 0 Å². The zero-order valence-corrected chi connectivity index (χ0v) is 11.8. The smallest absolute Gasteiger partial charge is 0.344 e. The number of piperidine rings is 1. The molecule has 3 aliphatic rings. The average Bonchev–Trinajstić information content (AvgIpc) is 2.98. The Balaban J connectivity index is 1.58. The minimum absolute atomic E-state index is 0.0157. The molecule has 2 bridgehead atoms. The maximum atomic E-state index is 12.2. The topological polar surface area (TPSA) is 80.4 Å². The van der Waals surface area contributed by atoms with Gasteiger partial charge in [-0.15, -0.1) is 0 Å². The predicted molar refractivity (Wildman–Crippen MR) is 73.0 cm³/mol. The van der Waals surface area contributed by atoms with Gasteiger partial charge in [-0.2, -0.15) is 5.06 Å². The number of nitrogens with two attached hydrogens (primary N) is 1. The number of amides is 2. The lowest BCUT2D eigenvalue weighted by molar-refractivity contribution is -0.0997. The van der Waals surface area contributed by atoms with Crippen LogP contribution in [0.15, 0.2) is 5.16 Å². The second kappa shape index (κ2) is 5.57. The first-order valence-corrected chi connectivity index (χ1v) is 7.28. The largest absolute Gasteiger partial charge is 0.392 e. The highest BCUT2D eigenvalue weighted by Gasteiger charge is 2.45. The lowest BCUT2D eigenvalue weighted by atomic mass is 9.95. The van der Waals surface area contributed by atoms with Gasteiger partial charge in [-0.1, -0.05) is 5.16 Å². The van der Waals surface area contributed by atoms with E-state index in [0.29, 0.717) is 6.54 Å². The molecule has 20 heavy (non-hydrogen) atoms. The molecule has 0 aliphatic carbocycles. The molecule has 1 unspecified atom stereocenters. The zero-order chi connectivity index (χ0) is 14.1.